The number of nitrogens with zero attached hydrogens (tertiary/aromatic N) is 2. The Labute approximate surface area is 667 Å². The number of hydrogen-bond donors (Lipinski definition) is 0. The van der Waals surface area contributed by atoms with Crippen LogP contribution >= 0.6 is 0 Å². The molecule has 0 rings (SSSR count). The molecule has 600 valence electrons. The molecule has 0 radical (unpaired) electrons. The number of carbonyl (C=O) groups is 2. The minimum atomic E-state index is -0.911. The number of carboxylic acids is 2. The van der Waals surface area contributed by atoms with Crippen molar-refractivity contribution in [1.82, 2.24) is 9.80 Å². The molecule has 0 saturated heterocycles. The monoisotopic (exact) mass is 1450 g/mol. The van der Waals surface area contributed by atoms with Crippen LogP contribution in [0.1, 0.15) is 555 Å². The van der Waals surface area contributed by atoms with Crippen molar-refractivity contribution in [3.63, 3.8) is 0 Å². The molecule has 0 aliphatic carbocycles. The Morgan fingerprint density at radius 1 is 0.178 bits per heavy atom. The summed E-state index contributed by atoms with van der Waals surface area (Å²) in [6.07, 6.45) is 111. The molecule has 6 nitrogen and oxygen atoms in total. The zero-order chi connectivity index (χ0) is 72.9. The fraction of sp³-hybridized carbons (Fsp3) is 0.979. The molecule has 0 aliphatic rings. The van der Waals surface area contributed by atoms with Gasteiger partial charge in [0.25, 0.3) is 0 Å². The normalized spacial score (nSPS) is 12.2. The van der Waals surface area contributed by atoms with E-state index in [9.17, 15) is 19.8 Å². The molecule has 0 heterocycles. The van der Waals surface area contributed by atoms with Crippen molar-refractivity contribution in [2.24, 2.45) is 0 Å². The van der Waals surface area contributed by atoms with Crippen molar-refractivity contribution in [2.75, 3.05) is 26.2 Å². The number of hydrogen-bond acceptors (Lipinski definition) is 6. The molecule has 0 saturated carbocycles. The van der Waals surface area contributed by atoms with Crippen molar-refractivity contribution < 1.29 is 19.8 Å². The number of aliphatic carboxylic acids is 2. The second-order valence-electron chi connectivity index (χ2n) is 32.9. The van der Waals surface area contributed by atoms with Gasteiger partial charge in [-0.1, -0.05) is 516 Å². The predicted molar refractivity (Wildman–Crippen MR) is 450 cm³/mol. The van der Waals surface area contributed by atoms with Gasteiger partial charge in [-0.05, 0) is 65.7 Å². The summed E-state index contributed by atoms with van der Waals surface area (Å²) in [5.41, 5.74) is 0. The number of carboxylic acid groups (broad SMARTS) is 2. The fourth-order valence-corrected chi connectivity index (χ4v) is 15.6. The Morgan fingerprint density at radius 2 is 0.257 bits per heavy atom. The molecular formula is C94H188CaN2O4. The van der Waals surface area contributed by atoms with Crippen LogP contribution in [0.3, 0.4) is 0 Å². The molecular weight excluding hydrogens is 1260 g/mol. The number of carbonyl (C=O) groups excluding carboxylic acids is 2. The van der Waals surface area contributed by atoms with E-state index in [2.05, 4.69) is 37.5 Å². The van der Waals surface area contributed by atoms with Crippen molar-refractivity contribution in [1.29, 1.82) is 0 Å². The third-order valence-electron chi connectivity index (χ3n) is 23.0. The van der Waals surface area contributed by atoms with Gasteiger partial charge >= 0.3 is 37.7 Å². The average molecular weight is 1450 g/mol. The standard InChI is InChI=1S/2C47H95NO2.Ca/c2*1-4-6-8-10-12-14-16-18-20-22-24-26-28-30-32-34-36-38-40-42-44-48(46(3)47(49)50)45-43-41-39-37-35-33-31-29-27-25-23-21-19-17-15-13-11-9-7-5-2;/h2*46H,4-45H2,1-3H3,(H,49,50);/q;;+2/p-2. The van der Waals surface area contributed by atoms with Gasteiger partial charge in [-0.3, -0.25) is 9.80 Å². The van der Waals surface area contributed by atoms with Gasteiger partial charge in [0, 0.05) is 12.1 Å². The van der Waals surface area contributed by atoms with Crippen LogP contribution in [0.15, 0.2) is 0 Å². The third kappa shape index (κ3) is 88.9. The van der Waals surface area contributed by atoms with Crippen LogP contribution in [0.5, 0.6) is 0 Å². The van der Waals surface area contributed by atoms with E-state index in [4.69, 9.17) is 0 Å². The van der Waals surface area contributed by atoms with E-state index in [1.165, 1.54) is 488 Å². The molecule has 7 heteroatoms. The summed E-state index contributed by atoms with van der Waals surface area (Å²) in [6, 6.07) is -0.925. The van der Waals surface area contributed by atoms with E-state index in [-0.39, 0.29) is 37.7 Å². The van der Waals surface area contributed by atoms with Gasteiger partial charge in [0.15, 0.2) is 0 Å². The summed E-state index contributed by atoms with van der Waals surface area (Å²) in [5.74, 6) is -1.82. The molecule has 0 fully saturated rings. The van der Waals surface area contributed by atoms with Gasteiger partial charge in [0.2, 0.25) is 0 Å². The van der Waals surface area contributed by atoms with Crippen molar-refractivity contribution >= 4 is 49.7 Å². The number of rotatable bonds is 88. The van der Waals surface area contributed by atoms with Crippen LogP contribution in [0.25, 0.3) is 0 Å². The zero-order valence-corrected chi connectivity index (χ0v) is 73.0. The van der Waals surface area contributed by atoms with Gasteiger partial charge < -0.3 is 19.8 Å². The van der Waals surface area contributed by atoms with Crippen LogP contribution in [0, 0.1) is 0 Å². The van der Waals surface area contributed by atoms with Crippen LogP contribution in [0.4, 0.5) is 0 Å². The van der Waals surface area contributed by atoms with Crippen LogP contribution in [-0.2, 0) is 9.59 Å². The first-order valence-corrected chi connectivity index (χ1v) is 47.2. The first-order chi connectivity index (χ1) is 49.3. The van der Waals surface area contributed by atoms with Crippen LogP contribution in [-0.4, -0.2) is 97.7 Å². The van der Waals surface area contributed by atoms with E-state index >= 15 is 0 Å². The van der Waals surface area contributed by atoms with E-state index in [0.717, 1.165) is 51.9 Å². The molecule has 2 unspecified atom stereocenters. The Hall–Kier alpha value is 0.120. The molecule has 0 aromatic heterocycles. The first-order valence-electron chi connectivity index (χ1n) is 47.2. The van der Waals surface area contributed by atoms with Crippen molar-refractivity contribution in [3.8, 4) is 0 Å². The van der Waals surface area contributed by atoms with E-state index in [0.29, 0.717) is 0 Å². The molecule has 0 aromatic carbocycles. The molecule has 2 atom stereocenters. The summed E-state index contributed by atoms with van der Waals surface area (Å²) >= 11 is 0. The Kier molecular flexibility index (Phi) is 98.3. The first kappa shape index (κ1) is 105. The van der Waals surface area contributed by atoms with Gasteiger partial charge in [0.05, 0.1) is 11.9 Å². The van der Waals surface area contributed by atoms with Crippen LogP contribution in [0.2, 0.25) is 0 Å². The summed E-state index contributed by atoms with van der Waals surface area (Å²) in [5, 5.41) is 23.2. The molecule has 0 N–H and O–H groups in total. The third-order valence-corrected chi connectivity index (χ3v) is 23.0. The summed E-state index contributed by atoms with van der Waals surface area (Å²) in [6.45, 7) is 16.5. The quantitative estimate of drug-likeness (QED) is 0.0445. The molecule has 0 amide bonds. The van der Waals surface area contributed by atoms with E-state index < -0.39 is 24.0 Å². The molecule has 0 spiro atoms. The molecule has 101 heavy (non-hydrogen) atoms. The molecule has 0 aliphatic heterocycles. The molecule has 0 bridgehead atoms. The summed E-state index contributed by atoms with van der Waals surface area (Å²) < 4.78 is 0. The SMILES string of the molecule is CCCCCCCCCCCCCCCCCCCCCCN(CCCCCCCCCCCCCCCCCCCCCC)C(C)C(=O)[O-].CCCCCCCCCCCCCCCCCCCCCCN(CCCCCCCCCCCCCCCCCCCCCC)C(C)C(=O)[O-].[Ca+2]. The van der Waals surface area contributed by atoms with Gasteiger partial charge in [-0.2, -0.15) is 0 Å². The largest absolute Gasteiger partial charge is 2.00 e. The Morgan fingerprint density at radius 3 is 0.337 bits per heavy atom. The van der Waals surface area contributed by atoms with Gasteiger partial charge in [0.1, 0.15) is 0 Å². The van der Waals surface area contributed by atoms with Gasteiger partial charge in [-0.25, -0.2) is 0 Å². The van der Waals surface area contributed by atoms with Crippen LogP contribution < -0.4 is 10.2 Å². The van der Waals surface area contributed by atoms with Crippen molar-refractivity contribution in [3.05, 3.63) is 0 Å². The maximum absolute atomic E-state index is 11.6. The fourth-order valence-electron chi connectivity index (χ4n) is 15.6. The average Bonchev–Trinajstić information content (AvgIpc) is 1.27. The second kappa shape index (κ2) is 94.3. The summed E-state index contributed by atoms with van der Waals surface area (Å²) in [7, 11) is 0. The van der Waals surface area contributed by atoms with E-state index in [1.807, 2.05) is 13.8 Å². The summed E-state index contributed by atoms with van der Waals surface area (Å²) in [4.78, 5) is 27.6. The zero-order valence-electron chi connectivity index (χ0n) is 70.8. The topological polar surface area (TPSA) is 86.7 Å². The number of unbranched alkanes of at least 4 members (excludes halogenated alkanes) is 76. The minimum absolute atomic E-state index is 0. The van der Waals surface area contributed by atoms with E-state index in [1.54, 1.807) is 0 Å². The molecule has 0 aromatic rings. The van der Waals surface area contributed by atoms with Gasteiger partial charge in [-0.15, -0.1) is 0 Å². The second-order valence-corrected chi connectivity index (χ2v) is 32.9. The minimum Gasteiger partial charge on any atom is -0.548 e. The maximum atomic E-state index is 11.6. The maximum Gasteiger partial charge on any atom is 2.00 e. The Bertz CT molecular complexity index is 1300. The predicted octanol–water partition coefficient (Wildman–Crippen LogP) is 29.8. The van der Waals surface area contributed by atoms with Crippen molar-refractivity contribution in [2.45, 2.75) is 567 Å². The smallest absolute Gasteiger partial charge is 0.548 e. The Balaban J connectivity index is -0.00000188.